The Morgan fingerprint density at radius 3 is 2.80 bits per heavy atom. The van der Waals surface area contributed by atoms with E-state index in [9.17, 15) is 9.59 Å². The van der Waals surface area contributed by atoms with Crippen LogP contribution in [0.15, 0.2) is 46.9 Å². The third-order valence-electron chi connectivity index (χ3n) is 2.99. The van der Waals surface area contributed by atoms with Crippen LogP contribution in [-0.4, -0.2) is 18.3 Å². The van der Waals surface area contributed by atoms with E-state index in [1.165, 1.54) is 0 Å². The number of rotatable bonds is 2. The van der Waals surface area contributed by atoms with Gasteiger partial charge in [-0.2, -0.15) is 0 Å². The highest BCUT2D eigenvalue weighted by Gasteiger charge is 2.19. The fourth-order valence-electron chi connectivity index (χ4n) is 2.03. The number of nitrogens with one attached hydrogen (secondary N) is 1. The molecule has 20 heavy (non-hydrogen) atoms. The highest BCUT2D eigenvalue weighted by atomic mass is 79.9. The Bertz CT molecular complexity index is 712. The molecule has 0 unspecified atom stereocenters. The fourth-order valence-corrected chi connectivity index (χ4v) is 2.49. The molecule has 3 rings (SSSR count). The molecule has 5 heteroatoms. The average Bonchev–Trinajstić information content (AvgIpc) is 2.46. The Kier molecular flexibility index (Phi) is 3.28. The molecular formula is C15H10BrNO3. The van der Waals surface area contributed by atoms with Crippen LogP contribution >= 0.6 is 15.9 Å². The van der Waals surface area contributed by atoms with E-state index in [-0.39, 0.29) is 18.3 Å². The molecule has 100 valence electrons. The summed E-state index contributed by atoms with van der Waals surface area (Å²) in [6, 6.07) is 12.2. The summed E-state index contributed by atoms with van der Waals surface area (Å²) in [4.78, 5) is 23.8. The van der Waals surface area contributed by atoms with Crippen LogP contribution < -0.4 is 10.1 Å². The van der Waals surface area contributed by atoms with E-state index in [2.05, 4.69) is 21.2 Å². The minimum atomic E-state index is -0.219. The molecule has 2 aromatic carbocycles. The molecule has 0 radical (unpaired) electrons. The summed E-state index contributed by atoms with van der Waals surface area (Å²) >= 11 is 3.36. The summed E-state index contributed by atoms with van der Waals surface area (Å²) in [7, 11) is 0. The van der Waals surface area contributed by atoms with E-state index < -0.39 is 0 Å². The molecule has 0 aliphatic carbocycles. The van der Waals surface area contributed by atoms with Gasteiger partial charge in [0.2, 0.25) is 0 Å². The van der Waals surface area contributed by atoms with Gasteiger partial charge in [0, 0.05) is 15.6 Å². The van der Waals surface area contributed by atoms with E-state index >= 15 is 0 Å². The number of amides is 1. The molecule has 0 fully saturated rings. The van der Waals surface area contributed by atoms with Gasteiger partial charge in [-0.3, -0.25) is 9.59 Å². The molecule has 0 saturated heterocycles. The second kappa shape index (κ2) is 5.09. The third-order valence-corrected chi connectivity index (χ3v) is 3.68. The number of carbonyl (C=O) groups is 2. The molecule has 2 aromatic rings. The summed E-state index contributed by atoms with van der Waals surface area (Å²) < 4.78 is 6.01. The average molecular weight is 332 g/mol. The predicted octanol–water partition coefficient (Wildman–Crippen LogP) is 3.01. The van der Waals surface area contributed by atoms with Gasteiger partial charge in [-0.15, -0.1) is 0 Å². The number of carbonyl (C=O) groups excluding carboxylic acids is 2. The van der Waals surface area contributed by atoms with Gasteiger partial charge in [-0.1, -0.05) is 28.1 Å². The molecular weight excluding hydrogens is 322 g/mol. The van der Waals surface area contributed by atoms with Crippen molar-refractivity contribution in [1.82, 2.24) is 0 Å². The lowest BCUT2D eigenvalue weighted by atomic mass is 10.0. The molecule has 1 aliphatic heterocycles. The van der Waals surface area contributed by atoms with E-state index in [4.69, 9.17) is 4.74 Å². The highest BCUT2D eigenvalue weighted by Crippen LogP contribution is 2.30. The summed E-state index contributed by atoms with van der Waals surface area (Å²) in [6.45, 7) is 0.00449. The first-order valence-corrected chi connectivity index (χ1v) is 6.80. The van der Waals surface area contributed by atoms with Crippen LogP contribution in [0.3, 0.4) is 0 Å². The summed E-state index contributed by atoms with van der Waals surface area (Å²) in [5.74, 6) is 0.247. The van der Waals surface area contributed by atoms with E-state index in [1.807, 2.05) is 12.1 Å². The number of ether oxygens (including phenoxy) is 1. The first-order valence-electron chi connectivity index (χ1n) is 6.01. The van der Waals surface area contributed by atoms with Crippen molar-refractivity contribution in [2.45, 2.75) is 0 Å². The van der Waals surface area contributed by atoms with Crippen LogP contribution in [0, 0.1) is 0 Å². The third kappa shape index (κ3) is 2.32. The van der Waals surface area contributed by atoms with Crippen molar-refractivity contribution >= 4 is 33.3 Å². The van der Waals surface area contributed by atoms with Crippen LogP contribution in [0.5, 0.6) is 5.75 Å². The summed E-state index contributed by atoms with van der Waals surface area (Å²) in [6.07, 6.45) is 0. The van der Waals surface area contributed by atoms with Gasteiger partial charge in [0.05, 0.1) is 5.69 Å². The topological polar surface area (TPSA) is 55.4 Å². The number of ketones is 1. The van der Waals surface area contributed by atoms with Crippen molar-refractivity contribution in [1.29, 1.82) is 0 Å². The molecule has 1 amide bonds. The summed E-state index contributed by atoms with van der Waals surface area (Å²) in [5, 5.41) is 2.69. The van der Waals surface area contributed by atoms with Gasteiger partial charge in [0.15, 0.2) is 12.4 Å². The van der Waals surface area contributed by atoms with Crippen LogP contribution in [0.4, 0.5) is 5.69 Å². The first-order chi connectivity index (χ1) is 9.65. The maximum Gasteiger partial charge on any atom is 0.262 e. The molecule has 4 nitrogen and oxygen atoms in total. The first kappa shape index (κ1) is 12.9. The van der Waals surface area contributed by atoms with Gasteiger partial charge in [-0.25, -0.2) is 0 Å². The van der Waals surface area contributed by atoms with Gasteiger partial charge in [0.1, 0.15) is 5.75 Å². The van der Waals surface area contributed by atoms with E-state index in [0.717, 1.165) is 4.47 Å². The van der Waals surface area contributed by atoms with Gasteiger partial charge in [-0.05, 0) is 30.3 Å². The Balaban J connectivity index is 1.99. The zero-order valence-corrected chi connectivity index (χ0v) is 11.9. The zero-order valence-electron chi connectivity index (χ0n) is 10.4. The second-order valence-corrected chi connectivity index (χ2v) is 5.21. The quantitative estimate of drug-likeness (QED) is 0.860. The van der Waals surface area contributed by atoms with Crippen molar-refractivity contribution in [2.75, 3.05) is 11.9 Å². The number of fused-ring (bicyclic) bond motifs is 1. The van der Waals surface area contributed by atoms with Crippen molar-refractivity contribution in [3.63, 3.8) is 0 Å². The molecule has 1 N–H and O–H groups in total. The minimum Gasteiger partial charge on any atom is -0.482 e. The molecule has 0 spiro atoms. The van der Waals surface area contributed by atoms with Crippen molar-refractivity contribution < 1.29 is 14.3 Å². The number of anilines is 1. The van der Waals surface area contributed by atoms with E-state index in [1.54, 1.807) is 30.3 Å². The van der Waals surface area contributed by atoms with Crippen LogP contribution in [-0.2, 0) is 4.79 Å². The van der Waals surface area contributed by atoms with Gasteiger partial charge < -0.3 is 10.1 Å². The Morgan fingerprint density at radius 2 is 2.00 bits per heavy atom. The summed E-state index contributed by atoms with van der Waals surface area (Å²) in [5.41, 5.74) is 1.61. The van der Waals surface area contributed by atoms with Crippen LogP contribution in [0.1, 0.15) is 15.9 Å². The monoisotopic (exact) mass is 331 g/mol. The Hall–Kier alpha value is -2.14. The van der Waals surface area contributed by atoms with Crippen LogP contribution in [0.25, 0.3) is 0 Å². The number of hydrogen-bond donors (Lipinski definition) is 1. The van der Waals surface area contributed by atoms with Crippen molar-refractivity contribution in [3.8, 4) is 5.75 Å². The predicted molar refractivity (Wildman–Crippen MR) is 78.1 cm³/mol. The fraction of sp³-hybridized carbons (Fsp3) is 0.0667. The van der Waals surface area contributed by atoms with Crippen LogP contribution in [0.2, 0.25) is 0 Å². The van der Waals surface area contributed by atoms with Crippen molar-refractivity contribution in [3.05, 3.63) is 58.1 Å². The number of benzene rings is 2. The molecule has 0 atom stereocenters. The lowest BCUT2D eigenvalue weighted by Crippen LogP contribution is -2.25. The standard InChI is InChI=1S/C15H10BrNO3/c16-11-4-2-1-3-10(11)15(19)9-5-6-13-12(7-9)17-14(18)8-20-13/h1-7H,8H2,(H,17,18). The minimum absolute atomic E-state index is 0.00449. The molecule has 0 saturated carbocycles. The lowest BCUT2D eigenvalue weighted by Gasteiger charge is -2.18. The largest absolute Gasteiger partial charge is 0.482 e. The number of halogens is 1. The lowest BCUT2D eigenvalue weighted by molar-refractivity contribution is -0.118. The van der Waals surface area contributed by atoms with E-state index in [0.29, 0.717) is 22.6 Å². The second-order valence-electron chi connectivity index (χ2n) is 4.36. The number of hydrogen-bond acceptors (Lipinski definition) is 3. The maximum atomic E-state index is 12.5. The normalized spacial score (nSPS) is 13.2. The van der Waals surface area contributed by atoms with Gasteiger partial charge in [0.25, 0.3) is 5.91 Å². The molecule has 0 bridgehead atoms. The molecule has 1 heterocycles. The molecule has 1 aliphatic rings. The zero-order chi connectivity index (χ0) is 14.1. The SMILES string of the molecule is O=C1COc2ccc(C(=O)c3ccccc3Br)cc2N1. The Morgan fingerprint density at radius 1 is 1.20 bits per heavy atom. The highest BCUT2D eigenvalue weighted by molar-refractivity contribution is 9.10. The van der Waals surface area contributed by atoms with Crippen molar-refractivity contribution in [2.24, 2.45) is 0 Å². The van der Waals surface area contributed by atoms with Gasteiger partial charge >= 0.3 is 0 Å². The maximum absolute atomic E-state index is 12.5. The molecule has 0 aromatic heterocycles. The smallest absolute Gasteiger partial charge is 0.262 e. The Labute approximate surface area is 123 Å².